The third-order valence-corrected chi connectivity index (χ3v) is 3.38. The fourth-order valence-electron chi connectivity index (χ4n) is 1.40. The van der Waals surface area contributed by atoms with Crippen molar-refractivity contribution >= 4 is 17.7 Å². The van der Waals surface area contributed by atoms with E-state index in [4.69, 9.17) is 5.11 Å². The Hall–Kier alpha value is -2.42. The van der Waals surface area contributed by atoms with Crippen LogP contribution in [-0.2, 0) is 14.1 Å². The number of aromatic nitrogens is 4. The molecule has 2 heterocycles. The lowest BCUT2D eigenvalue weighted by molar-refractivity contribution is 0.0696. The molecule has 9 heteroatoms. The summed E-state index contributed by atoms with van der Waals surface area (Å²) in [6.07, 6.45) is 1.19. The van der Waals surface area contributed by atoms with Gasteiger partial charge in [-0.25, -0.2) is 19.3 Å². The first-order valence-electron chi connectivity index (χ1n) is 5.41. The molecule has 0 aliphatic heterocycles. The fourth-order valence-corrected chi connectivity index (χ4v) is 2.23. The van der Waals surface area contributed by atoms with Crippen molar-refractivity contribution in [3.63, 3.8) is 0 Å². The van der Waals surface area contributed by atoms with Gasteiger partial charge in [-0.3, -0.25) is 9.36 Å². The predicted octanol–water partition coefficient (Wildman–Crippen LogP) is -0.277. The minimum absolute atomic E-state index is 0.0515. The van der Waals surface area contributed by atoms with Crippen LogP contribution in [0, 0.1) is 0 Å². The lowest BCUT2D eigenvalue weighted by atomic mass is 10.3. The first-order valence-corrected chi connectivity index (χ1v) is 6.23. The highest BCUT2D eigenvalue weighted by Gasteiger charge is 2.11. The molecule has 0 saturated carbocycles. The van der Waals surface area contributed by atoms with Crippen molar-refractivity contribution in [3.05, 3.63) is 44.7 Å². The molecule has 0 saturated heterocycles. The van der Waals surface area contributed by atoms with E-state index in [-0.39, 0.29) is 10.6 Å². The molecular weight excluding hydrogens is 284 g/mol. The molecule has 0 aliphatic carbocycles. The molecule has 2 rings (SSSR count). The first kappa shape index (κ1) is 14.0. The van der Waals surface area contributed by atoms with Crippen LogP contribution in [0.1, 0.15) is 10.4 Å². The van der Waals surface area contributed by atoms with Crippen LogP contribution in [0.4, 0.5) is 0 Å². The van der Waals surface area contributed by atoms with Gasteiger partial charge in [-0.15, -0.1) is 0 Å². The van der Waals surface area contributed by atoms with Crippen LogP contribution in [0.5, 0.6) is 0 Å². The zero-order valence-corrected chi connectivity index (χ0v) is 11.4. The molecule has 0 spiro atoms. The zero-order valence-electron chi connectivity index (χ0n) is 10.6. The minimum atomic E-state index is -1.08. The van der Waals surface area contributed by atoms with Crippen LogP contribution in [-0.4, -0.2) is 30.4 Å². The SMILES string of the molecule is Cn1nc(Sc2ccc(C(=O)O)cn2)c(=O)n(C)c1=O. The van der Waals surface area contributed by atoms with E-state index in [0.29, 0.717) is 5.03 Å². The molecule has 2 aromatic heterocycles. The van der Waals surface area contributed by atoms with Gasteiger partial charge in [0.05, 0.1) is 5.56 Å². The Morgan fingerprint density at radius 3 is 2.55 bits per heavy atom. The van der Waals surface area contributed by atoms with Gasteiger partial charge in [0.1, 0.15) is 5.03 Å². The molecule has 2 aromatic rings. The molecule has 0 aromatic carbocycles. The van der Waals surface area contributed by atoms with Gasteiger partial charge in [0.2, 0.25) is 0 Å². The summed E-state index contributed by atoms with van der Waals surface area (Å²) < 4.78 is 2.00. The Bertz CT molecular complexity index is 778. The number of aryl methyl sites for hydroxylation is 1. The summed E-state index contributed by atoms with van der Waals surface area (Å²) in [5, 5.41) is 13.1. The van der Waals surface area contributed by atoms with E-state index in [1.54, 1.807) is 0 Å². The molecule has 0 atom stereocenters. The van der Waals surface area contributed by atoms with Gasteiger partial charge in [-0.05, 0) is 23.9 Å². The molecule has 104 valence electrons. The second-order valence-corrected chi connectivity index (χ2v) is 4.88. The van der Waals surface area contributed by atoms with Gasteiger partial charge >= 0.3 is 11.7 Å². The maximum absolute atomic E-state index is 11.9. The fraction of sp³-hybridized carbons (Fsp3) is 0.182. The second kappa shape index (κ2) is 5.29. The quantitative estimate of drug-likeness (QED) is 0.829. The summed E-state index contributed by atoms with van der Waals surface area (Å²) in [7, 11) is 2.80. The largest absolute Gasteiger partial charge is 0.478 e. The van der Waals surface area contributed by atoms with E-state index in [1.807, 2.05) is 0 Å². The smallest absolute Gasteiger partial charge is 0.346 e. The Balaban J connectivity index is 2.38. The van der Waals surface area contributed by atoms with Gasteiger partial charge in [0.15, 0.2) is 5.03 Å². The highest BCUT2D eigenvalue weighted by atomic mass is 32.2. The zero-order chi connectivity index (χ0) is 14.9. The van der Waals surface area contributed by atoms with E-state index in [0.717, 1.165) is 21.0 Å². The lowest BCUT2D eigenvalue weighted by Gasteiger charge is -2.04. The number of pyridine rings is 1. The monoisotopic (exact) mass is 294 g/mol. The third kappa shape index (κ3) is 2.62. The Kier molecular flexibility index (Phi) is 3.70. The molecule has 0 radical (unpaired) electrons. The van der Waals surface area contributed by atoms with Crippen molar-refractivity contribution in [2.24, 2.45) is 14.1 Å². The lowest BCUT2D eigenvalue weighted by Crippen LogP contribution is -2.39. The number of aromatic carboxylic acids is 1. The maximum atomic E-state index is 11.9. The molecule has 1 N–H and O–H groups in total. The average Bonchev–Trinajstić information content (AvgIpc) is 2.43. The number of carboxylic acid groups (broad SMARTS) is 1. The van der Waals surface area contributed by atoms with Crippen molar-refractivity contribution in [2.45, 2.75) is 10.1 Å². The summed E-state index contributed by atoms with van der Waals surface area (Å²) >= 11 is 0.963. The van der Waals surface area contributed by atoms with Crippen molar-refractivity contribution in [3.8, 4) is 0 Å². The Morgan fingerprint density at radius 2 is 2.00 bits per heavy atom. The van der Waals surface area contributed by atoms with Gasteiger partial charge < -0.3 is 5.11 Å². The van der Waals surface area contributed by atoms with Crippen LogP contribution in [0.25, 0.3) is 0 Å². The summed E-state index contributed by atoms with van der Waals surface area (Å²) in [6.45, 7) is 0. The maximum Gasteiger partial charge on any atom is 0.346 e. The molecule has 0 unspecified atom stereocenters. The second-order valence-electron chi connectivity index (χ2n) is 3.87. The molecule has 8 nitrogen and oxygen atoms in total. The van der Waals surface area contributed by atoms with Crippen molar-refractivity contribution in [1.29, 1.82) is 0 Å². The van der Waals surface area contributed by atoms with Gasteiger partial charge in [-0.2, -0.15) is 5.10 Å². The van der Waals surface area contributed by atoms with Crippen LogP contribution in [0.3, 0.4) is 0 Å². The standard InChI is InChI=1S/C11H10N4O4S/c1-14-9(16)8(13-15(2)11(14)19)20-7-4-3-6(5-12-7)10(17)18/h3-5H,1-2H3,(H,17,18). The van der Waals surface area contributed by atoms with Gasteiger partial charge in [0.25, 0.3) is 5.56 Å². The number of nitrogens with zero attached hydrogens (tertiary/aromatic N) is 4. The topological polar surface area (TPSA) is 107 Å². The molecular formula is C11H10N4O4S. The number of rotatable bonds is 3. The summed E-state index contributed by atoms with van der Waals surface area (Å²) in [5.41, 5.74) is -0.994. The number of hydrogen-bond acceptors (Lipinski definition) is 6. The predicted molar refractivity (Wildman–Crippen MR) is 70.0 cm³/mol. The van der Waals surface area contributed by atoms with E-state index in [1.165, 1.54) is 32.4 Å². The average molecular weight is 294 g/mol. The molecule has 0 amide bonds. The first-order chi connectivity index (χ1) is 9.40. The van der Waals surface area contributed by atoms with Crippen LogP contribution in [0.15, 0.2) is 38.0 Å². The highest BCUT2D eigenvalue weighted by molar-refractivity contribution is 7.99. The Morgan fingerprint density at radius 1 is 1.30 bits per heavy atom. The number of carbonyl (C=O) groups is 1. The van der Waals surface area contributed by atoms with Crippen molar-refractivity contribution in [1.82, 2.24) is 19.3 Å². The summed E-state index contributed by atoms with van der Waals surface area (Å²) in [6, 6.07) is 2.85. The minimum Gasteiger partial charge on any atom is -0.478 e. The highest BCUT2D eigenvalue weighted by Crippen LogP contribution is 2.20. The molecule has 0 fully saturated rings. The number of hydrogen-bond donors (Lipinski definition) is 1. The van der Waals surface area contributed by atoms with Crippen molar-refractivity contribution in [2.75, 3.05) is 0 Å². The Labute approximate surface area is 116 Å². The van der Waals surface area contributed by atoms with Crippen LogP contribution < -0.4 is 11.2 Å². The summed E-state index contributed by atoms with van der Waals surface area (Å²) in [4.78, 5) is 38.0. The van der Waals surface area contributed by atoms with E-state index in [2.05, 4.69) is 10.1 Å². The molecule has 0 aliphatic rings. The molecule has 0 bridgehead atoms. The summed E-state index contributed by atoms with van der Waals surface area (Å²) in [5.74, 6) is -1.08. The van der Waals surface area contributed by atoms with Gasteiger partial charge in [-0.1, -0.05) is 0 Å². The van der Waals surface area contributed by atoms with Crippen molar-refractivity contribution < 1.29 is 9.90 Å². The van der Waals surface area contributed by atoms with E-state index in [9.17, 15) is 14.4 Å². The van der Waals surface area contributed by atoms with E-state index < -0.39 is 17.2 Å². The van der Waals surface area contributed by atoms with E-state index >= 15 is 0 Å². The molecule has 20 heavy (non-hydrogen) atoms. The van der Waals surface area contributed by atoms with Crippen LogP contribution in [0.2, 0.25) is 0 Å². The van der Waals surface area contributed by atoms with Crippen LogP contribution >= 0.6 is 11.8 Å². The van der Waals surface area contributed by atoms with Gasteiger partial charge in [0, 0.05) is 20.3 Å². The number of carboxylic acids is 1. The normalized spacial score (nSPS) is 10.5. The third-order valence-electron chi connectivity index (χ3n) is 2.48.